The van der Waals surface area contributed by atoms with E-state index in [9.17, 15) is 18.4 Å². The number of rotatable bonds is 8. The number of primary amides is 1. The number of aromatic nitrogens is 5. The van der Waals surface area contributed by atoms with E-state index in [0.717, 1.165) is 11.3 Å². The normalized spacial score (nSPS) is 11.3. The van der Waals surface area contributed by atoms with Crippen LogP contribution in [0.4, 0.5) is 14.5 Å². The van der Waals surface area contributed by atoms with Gasteiger partial charge in [-0.1, -0.05) is 23.7 Å². The molecule has 10 nitrogen and oxygen atoms in total. The summed E-state index contributed by atoms with van der Waals surface area (Å²) in [4.78, 5) is 29.9. The molecule has 0 spiro atoms. The maximum atomic E-state index is 13.8. The first kappa shape index (κ1) is 26.3. The number of nitrogens with two attached hydrogens (primary N) is 1. The summed E-state index contributed by atoms with van der Waals surface area (Å²) in [7, 11) is 1.69. The number of nitrogens with zero attached hydrogens (tertiary/aromatic N) is 5. The molecule has 0 saturated carbocycles. The summed E-state index contributed by atoms with van der Waals surface area (Å²) in [6, 6.07) is 9.53. The van der Waals surface area contributed by atoms with Gasteiger partial charge in [0, 0.05) is 30.4 Å². The summed E-state index contributed by atoms with van der Waals surface area (Å²) in [6.07, 6.45) is 0.204. The van der Waals surface area contributed by atoms with Gasteiger partial charge in [0.15, 0.2) is 6.73 Å². The Labute approximate surface area is 229 Å². The summed E-state index contributed by atoms with van der Waals surface area (Å²) < 4.78 is 36.0. The van der Waals surface area contributed by atoms with Crippen molar-refractivity contribution in [2.24, 2.45) is 12.8 Å². The van der Waals surface area contributed by atoms with Crippen molar-refractivity contribution in [2.45, 2.75) is 20.1 Å². The van der Waals surface area contributed by atoms with E-state index >= 15 is 0 Å². The molecule has 0 unspecified atom stereocenters. The van der Waals surface area contributed by atoms with Gasteiger partial charge in [0.2, 0.25) is 0 Å². The van der Waals surface area contributed by atoms with E-state index in [-0.39, 0.29) is 27.8 Å². The third-order valence-corrected chi connectivity index (χ3v) is 7.21. The number of thiophene rings is 1. The van der Waals surface area contributed by atoms with Crippen LogP contribution < -0.4 is 15.8 Å². The summed E-state index contributed by atoms with van der Waals surface area (Å²) in [5.41, 5.74) is 6.73. The number of fused-ring (bicyclic) bond motifs is 1. The van der Waals surface area contributed by atoms with E-state index in [0.29, 0.717) is 33.0 Å². The maximum absolute atomic E-state index is 13.8. The van der Waals surface area contributed by atoms with Crippen LogP contribution in [-0.4, -0.2) is 36.4 Å². The van der Waals surface area contributed by atoms with Gasteiger partial charge >= 0.3 is 0 Å². The molecule has 0 atom stereocenters. The number of benzene rings is 1. The fourth-order valence-electron chi connectivity index (χ4n) is 4.10. The number of ether oxygens (including phenoxy) is 1. The van der Waals surface area contributed by atoms with Crippen LogP contribution in [0.1, 0.15) is 38.0 Å². The number of para-hydroxylation sites is 1. The lowest BCUT2D eigenvalue weighted by molar-refractivity contribution is 0.100. The van der Waals surface area contributed by atoms with Gasteiger partial charge in [-0.15, -0.1) is 11.3 Å². The molecule has 4 aromatic heterocycles. The van der Waals surface area contributed by atoms with Crippen LogP contribution >= 0.6 is 22.9 Å². The average Bonchev–Trinajstić information content (AvgIpc) is 3.59. The third-order valence-electron chi connectivity index (χ3n) is 5.80. The van der Waals surface area contributed by atoms with Crippen molar-refractivity contribution < 1.29 is 23.1 Å². The van der Waals surface area contributed by atoms with E-state index in [4.69, 9.17) is 22.1 Å². The van der Waals surface area contributed by atoms with Crippen LogP contribution in [-0.2, 0) is 13.8 Å². The van der Waals surface area contributed by atoms with Gasteiger partial charge in [-0.2, -0.15) is 10.2 Å². The molecular weight excluding hydrogens is 552 g/mol. The zero-order chi connectivity index (χ0) is 27.8. The number of anilines is 1. The van der Waals surface area contributed by atoms with Crippen molar-refractivity contribution in [3.8, 4) is 16.9 Å². The monoisotopic (exact) mass is 571 g/mol. The second-order valence-electron chi connectivity index (χ2n) is 8.42. The number of amides is 2. The van der Waals surface area contributed by atoms with Crippen molar-refractivity contribution in [2.75, 3.05) is 5.32 Å². The molecule has 0 aliphatic heterocycles. The summed E-state index contributed by atoms with van der Waals surface area (Å²) in [6.45, 7) is 1.59. The SMILES string of the molecule is Cc1nn(C)cc1-c1cc(C(F)F)nc2sc(C(N)=O)c(NC(=O)c3ccnn3COc3ccccc3Cl)c12. The molecule has 0 radical (unpaired) electrons. The molecule has 0 saturated heterocycles. The highest BCUT2D eigenvalue weighted by atomic mass is 35.5. The number of aryl methyl sites for hydroxylation is 2. The first-order valence-corrected chi connectivity index (χ1v) is 12.6. The molecule has 200 valence electrons. The van der Waals surface area contributed by atoms with Crippen molar-refractivity contribution in [1.82, 2.24) is 24.5 Å². The van der Waals surface area contributed by atoms with Gasteiger partial charge in [0.1, 0.15) is 26.8 Å². The van der Waals surface area contributed by atoms with Crippen LogP contribution in [0, 0.1) is 6.92 Å². The van der Waals surface area contributed by atoms with Gasteiger partial charge in [-0.3, -0.25) is 14.3 Å². The number of hydrogen-bond donors (Lipinski definition) is 2. The fourth-order valence-corrected chi connectivity index (χ4v) is 5.30. The highest BCUT2D eigenvalue weighted by Gasteiger charge is 2.27. The van der Waals surface area contributed by atoms with Gasteiger partial charge < -0.3 is 15.8 Å². The molecule has 0 bridgehead atoms. The molecule has 0 fully saturated rings. The molecule has 14 heteroatoms. The predicted molar refractivity (Wildman–Crippen MR) is 142 cm³/mol. The van der Waals surface area contributed by atoms with Crippen LogP contribution in [0.15, 0.2) is 48.8 Å². The Morgan fingerprint density at radius 3 is 2.67 bits per heavy atom. The quantitative estimate of drug-likeness (QED) is 0.264. The van der Waals surface area contributed by atoms with Crippen molar-refractivity contribution in [3.63, 3.8) is 0 Å². The Balaban J connectivity index is 1.57. The Morgan fingerprint density at radius 1 is 1.23 bits per heavy atom. The molecule has 5 aromatic rings. The minimum Gasteiger partial charge on any atom is -0.470 e. The number of pyridine rings is 1. The smallest absolute Gasteiger partial charge is 0.280 e. The number of carbonyl (C=O) groups excluding carboxylic acids is 2. The lowest BCUT2D eigenvalue weighted by Gasteiger charge is -2.12. The second kappa shape index (κ2) is 10.4. The Hall–Kier alpha value is -4.36. The molecule has 5 rings (SSSR count). The first-order chi connectivity index (χ1) is 18.6. The van der Waals surface area contributed by atoms with E-state index in [1.165, 1.54) is 27.7 Å². The average molecular weight is 572 g/mol. The fraction of sp³-hybridized carbons (Fsp3) is 0.160. The lowest BCUT2D eigenvalue weighted by Crippen LogP contribution is -2.21. The zero-order valence-corrected chi connectivity index (χ0v) is 22.1. The van der Waals surface area contributed by atoms with Crippen molar-refractivity contribution >= 4 is 50.7 Å². The largest absolute Gasteiger partial charge is 0.470 e. The zero-order valence-electron chi connectivity index (χ0n) is 20.5. The summed E-state index contributed by atoms with van der Waals surface area (Å²) in [5, 5.41) is 11.8. The Kier molecular flexibility index (Phi) is 7.02. The first-order valence-electron chi connectivity index (χ1n) is 11.4. The molecule has 3 N–H and O–H groups in total. The summed E-state index contributed by atoms with van der Waals surface area (Å²) >= 11 is 6.95. The van der Waals surface area contributed by atoms with Gasteiger partial charge in [0.25, 0.3) is 18.2 Å². The molecule has 4 heterocycles. The van der Waals surface area contributed by atoms with Crippen molar-refractivity contribution in [1.29, 1.82) is 0 Å². The predicted octanol–water partition coefficient (Wildman–Crippen LogP) is 5.18. The Morgan fingerprint density at radius 2 is 2.00 bits per heavy atom. The highest BCUT2D eigenvalue weighted by Crippen LogP contribution is 2.43. The molecule has 0 aliphatic carbocycles. The number of hydrogen-bond acceptors (Lipinski definition) is 7. The van der Waals surface area contributed by atoms with E-state index in [1.54, 1.807) is 44.4 Å². The number of carbonyl (C=O) groups is 2. The number of alkyl halides is 2. The topological polar surface area (TPSA) is 130 Å². The number of halogens is 3. The minimum atomic E-state index is -2.87. The van der Waals surface area contributed by atoms with Crippen LogP contribution in [0.25, 0.3) is 21.3 Å². The lowest BCUT2D eigenvalue weighted by atomic mass is 10.0. The maximum Gasteiger partial charge on any atom is 0.280 e. The minimum absolute atomic E-state index is 0.0431. The van der Waals surface area contributed by atoms with E-state index in [1.807, 2.05) is 0 Å². The van der Waals surface area contributed by atoms with Gasteiger partial charge in [-0.05, 0) is 36.8 Å². The van der Waals surface area contributed by atoms with Gasteiger partial charge in [-0.25, -0.2) is 18.4 Å². The standard InChI is InChI=1S/C25H20ClF2N7O3S/c1-12-14(10-34(2)33-12)13-9-16(22(27)28)31-25-19(13)20(21(39-25)23(29)36)32-24(37)17-7-8-30-35(17)11-38-18-6-4-3-5-15(18)26/h3-10,22H,11H2,1-2H3,(H2,29,36)(H,32,37). The Bertz CT molecular complexity index is 1730. The molecule has 39 heavy (non-hydrogen) atoms. The van der Waals surface area contributed by atoms with Crippen LogP contribution in [0.2, 0.25) is 5.02 Å². The molecule has 2 amide bonds. The highest BCUT2D eigenvalue weighted by molar-refractivity contribution is 7.21. The van der Waals surface area contributed by atoms with Crippen molar-refractivity contribution in [3.05, 3.63) is 75.8 Å². The molecule has 1 aromatic carbocycles. The number of nitrogens with one attached hydrogen (secondary N) is 1. The van der Waals surface area contributed by atoms with E-state index < -0.39 is 23.9 Å². The van der Waals surface area contributed by atoms with Crippen LogP contribution in [0.3, 0.4) is 0 Å². The molecular formula is C25H20ClF2N7O3S. The summed E-state index contributed by atoms with van der Waals surface area (Å²) in [5.74, 6) is -1.08. The second-order valence-corrected chi connectivity index (χ2v) is 9.83. The third kappa shape index (κ3) is 5.05. The van der Waals surface area contributed by atoms with Gasteiger partial charge in [0.05, 0.1) is 16.4 Å². The molecule has 0 aliphatic rings. The van der Waals surface area contributed by atoms with E-state index in [2.05, 4.69) is 20.5 Å². The van der Waals surface area contributed by atoms with Crippen LogP contribution in [0.5, 0.6) is 5.75 Å².